The highest BCUT2D eigenvalue weighted by Crippen LogP contribution is 2.39. The number of carbonyl (C=O) groups is 1. The van der Waals surface area contributed by atoms with Gasteiger partial charge in [0.15, 0.2) is 5.16 Å². The minimum atomic E-state index is -0.789. The summed E-state index contributed by atoms with van der Waals surface area (Å²) >= 11 is 3.36. The Kier molecular flexibility index (Phi) is 5.21. The number of carboxylic acids is 1. The van der Waals surface area contributed by atoms with Gasteiger partial charge in [0.05, 0.1) is 5.75 Å². The first-order valence-corrected chi connectivity index (χ1v) is 8.65. The predicted octanol–water partition coefficient (Wildman–Crippen LogP) is 3.21. The van der Waals surface area contributed by atoms with Gasteiger partial charge >= 0.3 is 5.97 Å². The molecule has 2 unspecified atom stereocenters. The molecule has 2 rings (SSSR count). The summed E-state index contributed by atoms with van der Waals surface area (Å²) in [5, 5.41) is 10.4. The summed E-state index contributed by atoms with van der Waals surface area (Å²) in [7, 11) is 0. The first kappa shape index (κ1) is 14.8. The van der Waals surface area contributed by atoms with E-state index in [0.717, 1.165) is 16.1 Å². The highest BCUT2D eigenvalue weighted by atomic mass is 32.2. The van der Waals surface area contributed by atoms with Crippen LogP contribution < -0.4 is 0 Å². The van der Waals surface area contributed by atoms with Gasteiger partial charge in [-0.15, -0.1) is 0 Å². The van der Waals surface area contributed by atoms with Crippen LogP contribution in [0.4, 0.5) is 0 Å². The number of hydrogen-bond donors (Lipinski definition) is 1. The van der Waals surface area contributed by atoms with Gasteiger partial charge in [-0.05, 0) is 31.9 Å². The smallest absolute Gasteiger partial charge is 0.313 e. The summed E-state index contributed by atoms with van der Waals surface area (Å²) in [6.07, 6.45) is 5.46. The highest BCUT2D eigenvalue weighted by molar-refractivity contribution is 8.00. The highest BCUT2D eigenvalue weighted by Gasteiger charge is 2.28. The summed E-state index contributed by atoms with van der Waals surface area (Å²) in [5.74, 6) is 0.458. The number of aliphatic carboxylic acids is 1. The lowest BCUT2D eigenvalue weighted by molar-refractivity contribution is -0.133. The molecule has 19 heavy (non-hydrogen) atoms. The monoisotopic (exact) mass is 300 g/mol. The molecule has 0 aromatic carbocycles. The van der Waals surface area contributed by atoms with Crippen LogP contribution in [0.25, 0.3) is 0 Å². The first-order valence-electron chi connectivity index (χ1n) is 6.61. The number of imidazole rings is 1. The fraction of sp³-hybridized carbons (Fsp3) is 0.692. The van der Waals surface area contributed by atoms with E-state index >= 15 is 0 Å². The summed E-state index contributed by atoms with van der Waals surface area (Å²) in [6.45, 7) is 4.26. The Bertz CT molecular complexity index is 448. The van der Waals surface area contributed by atoms with E-state index in [1.54, 1.807) is 0 Å². The Morgan fingerprint density at radius 2 is 2.37 bits per heavy atom. The van der Waals surface area contributed by atoms with Crippen LogP contribution in [0, 0.1) is 6.92 Å². The zero-order valence-electron chi connectivity index (χ0n) is 11.3. The Morgan fingerprint density at radius 3 is 3.05 bits per heavy atom. The second kappa shape index (κ2) is 6.70. The Labute approximate surface area is 122 Å². The molecule has 6 heteroatoms. The second-order valence-corrected chi connectivity index (χ2v) is 7.30. The molecule has 0 spiro atoms. The molecule has 0 saturated heterocycles. The fourth-order valence-electron chi connectivity index (χ4n) is 2.64. The van der Waals surface area contributed by atoms with Crippen molar-refractivity contribution >= 4 is 29.5 Å². The molecule has 0 radical (unpaired) electrons. The van der Waals surface area contributed by atoms with Gasteiger partial charge in [-0.1, -0.05) is 18.7 Å². The molecule has 2 atom stereocenters. The lowest BCUT2D eigenvalue weighted by atomic mass is 10.2. The lowest BCUT2D eigenvalue weighted by Gasteiger charge is -2.17. The minimum Gasteiger partial charge on any atom is -0.481 e. The zero-order chi connectivity index (χ0) is 13.8. The van der Waals surface area contributed by atoms with Crippen LogP contribution >= 0.6 is 23.5 Å². The maximum Gasteiger partial charge on any atom is 0.313 e. The average Bonchev–Trinajstić information content (AvgIpc) is 2.94. The van der Waals surface area contributed by atoms with Gasteiger partial charge < -0.3 is 9.67 Å². The Balaban J connectivity index is 2.07. The summed E-state index contributed by atoms with van der Waals surface area (Å²) < 4.78 is 2.24. The van der Waals surface area contributed by atoms with E-state index in [4.69, 9.17) is 5.11 Å². The van der Waals surface area contributed by atoms with E-state index in [0.29, 0.717) is 6.04 Å². The van der Waals surface area contributed by atoms with Crippen molar-refractivity contribution < 1.29 is 9.90 Å². The standard InChI is InChI=1S/C13H20N2O2S2/c1-3-18-11-5-4-10(6-11)15-9(2)7-14-13(15)19-8-12(16)17/h7,10-11H,3-6,8H2,1-2H3,(H,16,17). The number of carboxylic acid groups (broad SMARTS) is 1. The molecule has 1 fully saturated rings. The molecule has 1 saturated carbocycles. The van der Waals surface area contributed by atoms with E-state index in [2.05, 4.69) is 23.4 Å². The molecule has 1 heterocycles. The van der Waals surface area contributed by atoms with Crippen LogP contribution in [0.5, 0.6) is 0 Å². The van der Waals surface area contributed by atoms with Gasteiger partial charge in [0.2, 0.25) is 0 Å². The quantitative estimate of drug-likeness (QED) is 0.818. The molecule has 0 bridgehead atoms. The van der Waals surface area contributed by atoms with Gasteiger partial charge in [-0.3, -0.25) is 4.79 Å². The van der Waals surface area contributed by atoms with Gasteiger partial charge in [0, 0.05) is 23.2 Å². The maximum atomic E-state index is 10.7. The molecule has 106 valence electrons. The molecule has 1 aromatic heterocycles. The van der Waals surface area contributed by atoms with E-state index in [9.17, 15) is 4.79 Å². The number of aryl methyl sites for hydroxylation is 1. The number of aromatic nitrogens is 2. The number of nitrogens with zero attached hydrogens (tertiary/aromatic N) is 2. The first-order chi connectivity index (χ1) is 9.11. The van der Waals surface area contributed by atoms with Crippen LogP contribution in [0.2, 0.25) is 0 Å². The van der Waals surface area contributed by atoms with Crippen molar-refractivity contribution in [1.29, 1.82) is 0 Å². The topological polar surface area (TPSA) is 55.1 Å². The van der Waals surface area contributed by atoms with Crippen molar-refractivity contribution in [2.45, 2.75) is 49.6 Å². The predicted molar refractivity (Wildman–Crippen MR) is 80.1 cm³/mol. The second-order valence-electron chi connectivity index (χ2n) is 4.78. The van der Waals surface area contributed by atoms with Crippen molar-refractivity contribution in [1.82, 2.24) is 9.55 Å². The van der Waals surface area contributed by atoms with Gasteiger partial charge in [-0.2, -0.15) is 11.8 Å². The largest absolute Gasteiger partial charge is 0.481 e. The van der Waals surface area contributed by atoms with Crippen molar-refractivity contribution in [3.8, 4) is 0 Å². The Hall–Kier alpha value is -0.620. The summed E-state index contributed by atoms with van der Waals surface area (Å²) in [4.78, 5) is 15.0. The third kappa shape index (κ3) is 3.69. The van der Waals surface area contributed by atoms with Crippen molar-refractivity contribution in [3.63, 3.8) is 0 Å². The number of thioether (sulfide) groups is 2. The normalized spacial score (nSPS) is 22.8. The van der Waals surface area contributed by atoms with Gasteiger partial charge in [-0.25, -0.2) is 4.98 Å². The lowest BCUT2D eigenvalue weighted by Crippen LogP contribution is -2.10. The van der Waals surface area contributed by atoms with Crippen LogP contribution in [-0.2, 0) is 4.79 Å². The molecule has 0 aliphatic heterocycles. The molecule has 1 N–H and O–H groups in total. The number of hydrogen-bond acceptors (Lipinski definition) is 4. The summed E-state index contributed by atoms with van der Waals surface area (Å²) in [5.41, 5.74) is 1.14. The van der Waals surface area contributed by atoms with Crippen LogP contribution in [0.3, 0.4) is 0 Å². The van der Waals surface area contributed by atoms with E-state index in [1.165, 1.54) is 36.8 Å². The molecular formula is C13H20N2O2S2. The van der Waals surface area contributed by atoms with Gasteiger partial charge in [0.1, 0.15) is 0 Å². The average molecular weight is 300 g/mol. The maximum absolute atomic E-state index is 10.7. The van der Waals surface area contributed by atoms with Crippen LogP contribution in [0.15, 0.2) is 11.4 Å². The third-order valence-corrected chi connectivity index (χ3v) is 5.58. The minimum absolute atomic E-state index is 0.0797. The third-order valence-electron chi connectivity index (χ3n) is 3.40. The Morgan fingerprint density at radius 1 is 1.58 bits per heavy atom. The SMILES string of the molecule is CCSC1CCC(n2c(C)cnc2SCC(=O)O)C1. The fourth-order valence-corrected chi connectivity index (χ4v) is 4.58. The van der Waals surface area contributed by atoms with Crippen LogP contribution in [0.1, 0.15) is 37.9 Å². The molecule has 1 aliphatic rings. The molecule has 4 nitrogen and oxygen atoms in total. The van der Waals surface area contributed by atoms with Crippen molar-refractivity contribution in [3.05, 3.63) is 11.9 Å². The van der Waals surface area contributed by atoms with Gasteiger partial charge in [0.25, 0.3) is 0 Å². The number of rotatable bonds is 6. The molecule has 1 aliphatic carbocycles. The van der Waals surface area contributed by atoms with E-state index in [1.807, 2.05) is 18.0 Å². The van der Waals surface area contributed by atoms with E-state index < -0.39 is 5.97 Å². The van der Waals surface area contributed by atoms with Crippen molar-refractivity contribution in [2.24, 2.45) is 0 Å². The molecular weight excluding hydrogens is 280 g/mol. The van der Waals surface area contributed by atoms with Crippen molar-refractivity contribution in [2.75, 3.05) is 11.5 Å². The van der Waals surface area contributed by atoms with E-state index in [-0.39, 0.29) is 5.75 Å². The zero-order valence-corrected chi connectivity index (χ0v) is 13.0. The molecule has 1 aromatic rings. The van der Waals surface area contributed by atoms with Crippen LogP contribution in [-0.4, -0.2) is 37.4 Å². The summed E-state index contributed by atoms with van der Waals surface area (Å²) in [6, 6.07) is 0.489. The molecule has 0 amide bonds.